The molecule has 0 aliphatic carbocycles. The molecule has 0 saturated carbocycles. The fourth-order valence-corrected chi connectivity index (χ4v) is 3.66. The molecule has 0 radical (unpaired) electrons. The average molecular weight is 436 g/mol. The normalized spacial score (nSPS) is 11.3. The second-order valence-electron chi connectivity index (χ2n) is 6.83. The van der Waals surface area contributed by atoms with Crippen molar-refractivity contribution in [3.05, 3.63) is 72.7 Å². The van der Waals surface area contributed by atoms with E-state index in [-0.39, 0.29) is 11.5 Å². The van der Waals surface area contributed by atoms with Crippen LogP contribution >= 0.6 is 0 Å². The summed E-state index contributed by atoms with van der Waals surface area (Å²) >= 11 is 0. The minimum absolute atomic E-state index is 0.178. The van der Waals surface area contributed by atoms with Crippen molar-refractivity contribution in [2.75, 3.05) is 18.7 Å². The Morgan fingerprint density at radius 2 is 1.90 bits per heavy atom. The number of rotatable bonds is 7. The van der Waals surface area contributed by atoms with E-state index in [9.17, 15) is 8.42 Å². The van der Waals surface area contributed by atoms with E-state index < -0.39 is 9.84 Å². The van der Waals surface area contributed by atoms with Crippen LogP contribution < -0.4 is 14.8 Å². The highest BCUT2D eigenvalue weighted by Gasteiger charge is 2.12. The number of benzene rings is 2. The van der Waals surface area contributed by atoms with Crippen molar-refractivity contribution in [1.29, 1.82) is 0 Å². The summed E-state index contributed by atoms with van der Waals surface area (Å²) in [6, 6.07) is 13.9. The molecule has 0 unspecified atom stereocenters. The van der Waals surface area contributed by atoms with Crippen LogP contribution in [0.4, 0.5) is 11.6 Å². The molecule has 0 amide bonds. The predicted octanol–water partition coefficient (Wildman–Crippen LogP) is 3.76. The van der Waals surface area contributed by atoms with Gasteiger partial charge in [0.2, 0.25) is 5.95 Å². The molecule has 0 saturated heterocycles. The molecule has 0 bridgehead atoms. The molecule has 0 aliphatic rings. The Hall–Kier alpha value is -3.72. The fraction of sp³-hybridized carbons (Fsp3) is 0.136. The first-order valence-electron chi connectivity index (χ1n) is 9.36. The van der Waals surface area contributed by atoms with Crippen LogP contribution in [0.5, 0.6) is 11.5 Å². The number of anilines is 2. The Morgan fingerprint density at radius 1 is 1.03 bits per heavy atom. The minimum Gasteiger partial charge on any atom is -0.493 e. The zero-order chi connectivity index (χ0) is 21.8. The quantitative estimate of drug-likeness (QED) is 0.467. The second-order valence-corrected chi connectivity index (χ2v) is 8.85. The molecule has 158 valence electrons. The summed E-state index contributed by atoms with van der Waals surface area (Å²) in [7, 11) is -1.74. The van der Waals surface area contributed by atoms with Crippen molar-refractivity contribution in [3.63, 3.8) is 0 Å². The molecule has 31 heavy (non-hydrogen) atoms. The van der Waals surface area contributed by atoms with Gasteiger partial charge in [0.15, 0.2) is 21.3 Å². The van der Waals surface area contributed by atoms with Gasteiger partial charge in [-0.05, 0) is 35.9 Å². The lowest BCUT2D eigenvalue weighted by molar-refractivity contribution is 0.285. The van der Waals surface area contributed by atoms with E-state index in [4.69, 9.17) is 9.47 Å². The molecular formula is C22H20N4O4S. The molecule has 0 fully saturated rings. The van der Waals surface area contributed by atoms with Gasteiger partial charge in [0.1, 0.15) is 6.61 Å². The molecule has 0 atom stereocenters. The van der Waals surface area contributed by atoms with Crippen LogP contribution in [-0.2, 0) is 16.4 Å². The van der Waals surface area contributed by atoms with Crippen molar-refractivity contribution >= 4 is 32.4 Å². The number of fused-ring (bicyclic) bond motifs is 1. The Labute approximate surface area is 179 Å². The van der Waals surface area contributed by atoms with Crippen LogP contribution in [0.2, 0.25) is 0 Å². The third kappa shape index (κ3) is 4.89. The number of ether oxygens (including phenoxy) is 2. The molecule has 2 aromatic heterocycles. The van der Waals surface area contributed by atoms with Gasteiger partial charge in [-0.2, -0.15) is 0 Å². The Bertz CT molecular complexity index is 1330. The summed E-state index contributed by atoms with van der Waals surface area (Å²) < 4.78 is 35.0. The maximum absolute atomic E-state index is 11.8. The molecule has 8 nitrogen and oxygen atoms in total. The van der Waals surface area contributed by atoms with E-state index in [2.05, 4.69) is 20.3 Å². The lowest BCUT2D eigenvalue weighted by Gasteiger charge is -2.13. The summed E-state index contributed by atoms with van der Waals surface area (Å²) in [5.74, 6) is 1.45. The molecule has 0 aliphatic heterocycles. The standard InChI is InChI=1S/C22H20N4O4S/c1-29-20-10-16-12-24-22(25-17-6-4-8-23-13-17)26-19(16)11-21(20)30-14-15-5-3-7-18(9-15)31(2,27)28/h3-13H,14H2,1-2H3,(H,24,25,26). The van der Waals surface area contributed by atoms with Gasteiger partial charge in [-0.15, -0.1) is 0 Å². The lowest BCUT2D eigenvalue weighted by Crippen LogP contribution is -2.02. The van der Waals surface area contributed by atoms with Gasteiger partial charge in [-0.1, -0.05) is 12.1 Å². The van der Waals surface area contributed by atoms with Gasteiger partial charge in [-0.25, -0.2) is 18.4 Å². The van der Waals surface area contributed by atoms with Gasteiger partial charge in [0.25, 0.3) is 0 Å². The third-order valence-corrected chi connectivity index (χ3v) is 5.61. The number of pyridine rings is 1. The van der Waals surface area contributed by atoms with E-state index in [1.165, 1.54) is 6.26 Å². The number of nitrogens with one attached hydrogen (secondary N) is 1. The van der Waals surface area contributed by atoms with Gasteiger partial charge < -0.3 is 14.8 Å². The van der Waals surface area contributed by atoms with Crippen molar-refractivity contribution in [2.45, 2.75) is 11.5 Å². The predicted molar refractivity (Wildman–Crippen MR) is 117 cm³/mol. The van der Waals surface area contributed by atoms with Crippen LogP contribution in [0.1, 0.15) is 5.56 Å². The Balaban J connectivity index is 1.60. The van der Waals surface area contributed by atoms with Crippen LogP contribution in [0.3, 0.4) is 0 Å². The first-order chi connectivity index (χ1) is 14.9. The zero-order valence-corrected chi connectivity index (χ0v) is 17.8. The van der Waals surface area contributed by atoms with Crippen LogP contribution in [0, 0.1) is 0 Å². The van der Waals surface area contributed by atoms with Crippen LogP contribution in [0.15, 0.2) is 72.0 Å². The summed E-state index contributed by atoms with van der Waals surface area (Å²) in [6.07, 6.45) is 6.24. The molecule has 9 heteroatoms. The minimum atomic E-state index is -3.29. The van der Waals surface area contributed by atoms with E-state index in [1.807, 2.05) is 12.1 Å². The van der Waals surface area contributed by atoms with Crippen LogP contribution in [0.25, 0.3) is 10.9 Å². The van der Waals surface area contributed by atoms with Crippen LogP contribution in [-0.4, -0.2) is 36.7 Å². The van der Waals surface area contributed by atoms with Crippen molar-refractivity contribution in [1.82, 2.24) is 15.0 Å². The average Bonchev–Trinajstić information content (AvgIpc) is 2.77. The van der Waals surface area contributed by atoms with Gasteiger partial charge in [0.05, 0.1) is 29.4 Å². The van der Waals surface area contributed by atoms with Gasteiger partial charge >= 0.3 is 0 Å². The number of sulfone groups is 1. The summed E-state index contributed by atoms with van der Waals surface area (Å²) in [6.45, 7) is 0.178. The highest BCUT2D eigenvalue weighted by Crippen LogP contribution is 2.32. The van der Waals surface area contributed by atoms with E-state index in [1.54, 1.807) is 62.1 Å². The molecule has 2 aromatic carbocycles. The number of methoxy groups -OCH3 is 1. The van der Waals surface area contributed by atoms with E-state index in [0.29, 0.717) is 23.0 Å². The number of aromatic nitrogens is 3. The Kier molecular flexibility index (Phi) is 5.68. The van der Waals surface area contributed by atoms with E-state index in [0.717, 1.165) is 16.6 Å². The summed E-state index contributed by atoms with van der Waals surface area (Å²) in [5.41, 5.74) is 2.17. The largest absolute Gasteiger partial charge is 0.493 e. The maximum Gasteiger partial charge on any atom is 0.227 e. The fourth-order valence-electron chi connectivity index (χ4n) is 2.96. The van der Waals surface area contributed by atoms with Crippen molar-refractivity contribution in [3.8, 4) is 11.5 Å². The molecule has 1 N–H and O–H groups in total. The summed E-state index contributed by atoms with van der Waals surface area (Å²) in [5, 5.41) is 3.90. The highest BCUT2D eigenvalue weighted by molar-refractivity contribution is 7.90. The zero-order valence-electron chi connectivity index (χ0n) is 16.9. The molecule has 0 spiro atoms. The first-order valence-corrected chi connectivity index (χ1v) is 11.3. The Morgan fingerprint density at radius 3 is 2.65 bits per heavy atom. The third-order valence-electron chi connectivity index (χ3n) is 4.50. The van der Waals surface area contributed by atoms with Gasteiger partial charge in [-0.3, -0.25) is 4.98 Å². The lowest BCUT2D eigenvalue weighted by atomic mass is 10.2. The maximum atomic E-state index is 11.8. The molecule has 4 rings (SSSR count). The number of hydrogen-bond acceptors (Lipinski definition) is 8. The molecule has 4 aromatic rings. The summed E-state index contributed by atoms with van der Waals surface area (Å²) in [4.78, 5) is 13.2. The van der Waals surface area contributed by atoms with Crippen molar-refractivity contribution < 1.29 is 17.9 Å². The van der Waals surface area contributed by atoms with Gasteiger partial charge in [0, 0.05) is 30.1 Å². The molecular weight excluding hydrogens is 416 g/mol. The molecule has 2 heterocycles. The van der Waals surface area contributed by atoms with E-state index >= 15 is 0 Å². The van der Waals surface area contributed by atoms with Crippen molar-refractivity contribution in [2.24, 2.45) is 0 Å². The highest BCUT2D eigenvalue weighted by atomic mass is 32.2. The second kappa shape index (κ2) is 8.57. The smallest absolute Gasteiger partial charge is 0.227 e. The monoisotopic (exact) mass is 436 g/mol. The SMILES string of the molecule is COc1cc2cnc(Nc3cccnc3)nc2cc1OCc1cccc(S(C)(=O)=O)c1. The first kappa shape index (κ1) is 20.5. The number of hydrogen-bond donors (Lipinski definition) is 1. The number of nitrogens with zero attached hydrogens (tertiary/aromatic N) is 3. The topological polar surface area (TPSA) is 103 Å².